The number of nitrogens with one attached hydrogen (secondary N) is 1. The topological polar surface area (TPSA) is 101 Å². The Bertz CT molecular complexity index is 1530. The van der Waals surface area contributed by atoms with E-state index < -0.39 is 0 Å². The molecule has 11 heteroatoms. The van der Waals surface area contributed by atoms with Gasteiger partial charge in [0, 0.05) is 36.7 Å². The fraction of sp³-hybridized carbons (Fsp3) is 0.379. The van der Waals surface area contributed by atoms with Crippen LogP contribution in [0, 0.1) is 0 Å². The zero-order valence-corrected chi connectivity index (χ0v) is 23.8. The van der Waals surface area contributed by atoms with E-state index in [-0.39, 0.29) is 24.6 Å². The van der Waals surface area contributed by atoms with E-state index in [1.807, 2.05) is 13.1 Å². The molecule has 0 saturated carbocycles. The Balaban J connectivity index is 0.00000323. The van der Waals surface area contributed by atoms with Crippen molar-refractivity contribution in [3.8, 4) is 11.3 Å². The standard InChI is InChI=1S/C29H34N8O2.ClH/c1-35(2)17-24-25(32-33-31-24)18-37-12-7-10-27(28(37)20-8-5-4-6-9-20)39-19-23-15-22(26-16-30-34-36(26)3)14-21-11-13-38-29(21)23;/h4-6,8-9,11,13-16,27-28H,7,10,12,17-19H2,1-3H3,(H,31,32,33);1H/t27-,28-;/m0./s1. The molecule has 0 bridgehead atoms. The second kappa shape index (κ2) is 12.3. The van der Waals surface area contributed by atoms with Crippen molar-refractivity contribution in [2.45, 2.75) is 44.7 Å². The molecule has 0 unspecified atom stereocenters. The molecule has 1 N–H and O–H groups in total. The number of hydrogen-bond donors (Lipinski definition) is 1. The maximum atomic E-state index is 6.77. The molecule has 40 heavy (non-hydrogen) atoms. The van der Waals surface area contributed by atoms with Gasteiger partial charge in [-0.25, -0.2) is 4.68 Å². The predicted molar refractivity (Wildman–Crippen MR) is 155 cm³/mol. The van der Waals surface area contributed by atoms with Gasteiger partial charge < -0.3 is 14.1 Å². The number of hydrogen-bond acceptors (Lipinski definition) is 8. The summed E-state index contributed by atoms with van der Waals surface area (Å²) in [5, 5.41) is 20.8. The van der Waals surface area contributed by atoms with Gasteiger partial charge in [0.2, 0.25) is 0 Å². The van der Waals surface area contributed by atoms with Crippen LogP contribution in [0.15, 0.2) is 65.4 Å². The number of H-pyrrole nitrogens is 1. The van der Waals surface area contributed by atoms with Gasteiger partial charge in [-0.05, 0) is 57.2 Å². The summed E-state index contributed by atoms with van der Waals surface area (Å²) < 4.78 is 14.4. The minimum Gasteiger partial charge on any atom is -0.464 e. The fourth-order valence-corrected chi connectivity index (χ4v) is 5.65. The van der Waals surface area contributed by atoms with Gasteiger partial charge in [0.15, 0.2) is 0 Å². The molecule has 3 aromatic heterocycles. The number of ether oxygens (including phenoxy) is 1. The molecule has 5 aromatic rings. The number of aromatic amines is 1. The first-order chi connectivity index (χ1) is 19.1. The average Bonchev–Trinajstić information content (AvgIpc) is 3.69. The van der Waals surface area contributed by atoms with E-state index in [4.69, 9.17) is 9.15 Å². The molecule has 0 amide bonds. The van der Waals surface area contributed by atoms with Crippen molar-refractivity contribution in [1.29, 1.82) is 0 Å². The Morgan fingerprint density at radius 2 is 2.00 bits per heavy atom. The maximum Gasteiger partial charge on any atom is 0.139 e. The van der Waals surface area contributed by atoms with Crippen LogP contribution in [-0.2, 0) is 31.5 Å². The quantitative estimate of drug-likeness (QED) is 0.275. The maximum absolute atomic E-state index is 6.77. The second-order valence-corrected chi connectivity index (χ2v) is 10.5. The number of aromatic nitrogens is 6. The number of nitrogens with zero attached hydrogens (tertiary/aromatic N) is 7. The molecule has 1 aliphatic rings. The van der Waals surface area contributed by atoms with Gasteiger partial charge in [-0.1, -0.05) is 40.8 Å². The minimum atomic E-state index is 0. The number of piperidine rings is 1. The molecule has 2 atom stereocenters. The predicted octanol–water partition coefficient (Wildman–Crippen LogP) is 4.75. The van der Waals surface area contributed by atoms with Crippen LogP contribution < -0.4 is 0 Å². The van der Waals surface area contributed by atoms with Gasteiger partial charge in [0.1, 0.15) is 11.3 Å². The van der Waals surface area contributed by atoms with Crippen LogP contribution in [-0.4, -0.2) is 66.9 Å². The van der Waals surface area contributed by atoms with Crippen molar-refractivity contribution in [2.75, 3.05) is 20.6 Å². The van der Waals surface area contributed by atoms with Crippen LogP contribution in [0.5, 0.6) is 0 Å². The number of fused-ring (bicyclic) bond motifs is 1. The lowest BCUT2D eigenvalue weighted by atomic mass is 9.92. The van der Waals surface area contributed by atoms with Gasteiger partial charge in [-0.2, -0.15) is 0 Å². The molecule has 210 valence electrons. The first-order valence-electron chi connectivity index (χ1n) is 13.4. The lowest BCUT2D eigenvalue weighted by Crippen LogP contribution is -2.42. The summed E-state index contributed by atoms with van der Waals surface area (Å²) in [6.45, 7) is 2.90. The molecule has 10 nitrogen and oxygen atoms in total. The van der Waals surface area contributed by atoms with Crippen molar-refractivity contribution in [3.05, 3.63) is 83.5 Å². The number of aryl methyl sites for hydroxylation is 1. The van der Waals surface area contributed by atoms with E-state index in [0.717, 1.165) is 65.1 Å². The third kappa shape index (κ3) is 5.80. The summed E-state index contributed by atoms with van der Waals surface area (Å²) in [4.78, 5) is 4.61. The average molecular weight is 563 g/mol. The molecule has 6 rings (SSSR count). The zero-order chi connectivity index (χ0) is 26.8. The lowest BCUT2D eigenvalue weighted by molar-refractivity contribution is -0.0555. The van der Waals surface area contributed by atoms with Crippen LogP contribution in [0.3, 0.4) is 0 Å². The van der Waals surface area contributed by atoms with Gasteiger partial charge in [-0.3, -0.25) is 10.00 Å². The minimum absolute atomic E-state index is 0. The SMILES string of the molecule is CN(C)Cc1[nH]nnc1CN1CCC[C@H](OCc2cc(-c3cnnn3C)cc3ccoc23)[C@@H]1c1ccccc1.Cl. The van der Waals surface area contributed by atoms with E-state index in [2.05, 4.69) is 92.1 Å². The van der Waals surface area contributed by atoms with Crippen LogP contribution in [0.4, 0.5) is 0 Å². The summed E-state index contributed by atoms with van der Waals surface area (Å²) in [6, 6.07) is 17.0. The molecule has 4 heterocycles. The Morgan fingerprint density at radius 3 is 2.77 bits per heavy atom. The molecule has 0 spiro atoms. The van der Waals surface area contributed by atoms with Crippen molar-refractivity contribution in [2.24, 2.45) is 7.05 Å². The lowest BCUT2D eigenvalue weighted by Gasteiger charge is -2.41. The Morgan fingerprint density at radius 1 is 1.15 bits per heavy atom. The normalized spacial score (nSPS) is 17.9. The third-order valence-corrected chi connectivity index (χ3v) is 7.44. The van der Waals surface area contributed by atoms with Gasteiger partial charge in [0.25, 0.3) is 0 Å². The molecule has 0 radical (unpaired) electrons. The number of benzene rings is 2. The zero-order valence-electron chi connectivity index (χ0n) is 23.0. The fourth-order valence-electron chi connectivity index (χ4n) is 5.65. The largest absolute Gasteiger partial charge is 0.464 e. The molecule has 1 saturated heterocycles. The highest BCUT2D eigenvalue weighted by Crippen LogP contribution is 2.36. The van der Waals surface area contributed by atoms with Crippen LogP contribution in [0.2, 0.25) is 0 Å². The van der Waals surface area contributed by atoms with Crippen molar-refractivity contribution >= 4 is 23.4 Å². The highest BCUT2D eigenvalue weighted by molar-refractivity contribution is 5.86. The van der Waals surface area contributed by atoms with Crippen LogP contribution in [0.1, 0.15) is 41.4 Å². The molecule has 1 aliphatic heterocycles. The van der Waals surface area contributed by atoms with Crippen molar-refractivity contribution in [1.82, 2.24) is 40.2 Å². The van der Waals surface area contributed by atoms with Gasteiger partial charge in [-0.15, -0.1) is 22.6 Å². The van der Waals surface area contributed by atoms with E-state index in [1.165, 1.54) is 5.56 Å². The first-order valence-corrected chi connectivity index (χ1v) is 13.4. The molecule has 0 aliphatic carbocycles. The monoisotopic (exact) mass is 562 g/mol. The summed E-state index contributed by atoms with van der Waals surface area (Å²) in [7, 11) is 6.01. The molecular formula is C29H35ClN8O2. The highest BCUT2D eigenvalue weighted by Gasteiger charge is 2.34. The van der Waals surface area contributed by atoms with Gasteiger partial charge >= 0.3 is 0 Å². The van der Waals surface area contributed by atoms with E-state index in [1.54, 1.807) is 17.1 Å². The summed E-state index contributed by atoms with van der Waals surface area (Å²) in [6.07, 6.45) is 5.55. The summed E-state index contributed by atoms with van der Waals surface area (Å²) in [5.74, 6) is 0. The Hall–Kier alpha value is -3.57. The number of rotatable bonds is 9. The smallest absolute Gasteiger partial charge is 0.139 e. The number of halogens is 1. The summed E-state index contributed by atoms with van der Waals surface area (Å²) in [5.41, 5.74) is 7.15. The van der Waals surface area contributed by atoms with Crippen LogP contribution in [0.25, 0.3) is 22.2 Å². The highest BCUT2D eigenvalue weighted by atomic mass is 35.5. The van der Waals surface area contributed by atoms with Crippen LogP contribution >= 0.6 is 12.4 Å². The van der Waals surface area contributed by atoms with Gasteiger partial charge in [0.05, 0.1) is 42.6 Å². The molecular weight excluding hydrogens is 528 g/mol. The molecule has 2 aromatic carbocycles. The molecule has 1 fully saturated rings. The Labute approximate surface area is 239 Å². The van der Waals surface area contributed by atoms with E-state index >= 15 is 0 Å². The number of likely N-dealkylation sites (tertiary alicyclic amines) is 1. The van der Waals surface area contributed by atoms with E-state index in [9.17, 15) is 0 Å². The Kier molecular flexibility index (Phi) is 8.60. The summed E-state index contributed by atoms with van der Waals surface area (Å²) >= 11 is 0. The van der Waals surface area contributed by atoms with Crippen molar-refractivity contribution in [3.63, 3.8) is 0 Å². The number of furan rings is 1. The van der Waals surface area contributed by atoms with E-state index in [0.29, 0.717) is 13.2 Å². The first kappa shape index (κ1) is 28.0. The third-order valence-electron chi connectivity index (χ3n) is 7.44. The van der Waals surface area contributed by atoms with Crippen molar-refractivity contribution < 1.29 is 9.15 Å². The second-order valence-electron chi connectivity index (χ2n) is 10.5.